The third-order valence-corrected chi connectivity index (χ3v) is 3.75. The second-order valence-electron chi connectivity index (χ2n) is 5.18. The first-order chi connectivity index (χ1) is 10.6. The Morgan fingerprint density at radius 2 is 1.82 bits per heavy atom. The standard InChI is InChI=1S/C16H13N5O/c17-11-3-1-2-9(6-11)10-4-5-14-12(7-10)13(18)8-15-19-20-16(22)21(14)15/h1-8H,17-18H2,(H,20,22). The highest BCUT2D eigenvalue weighted by Crippen LogP contribution is 2.29. The number of nitrogen functional groups attached to an aromatic ring is 2. The van der Waals surface area contributed by atoms with E-state index in [1.54, 1.807) is 6.07 Å². The fourth-order valence-electron chi connectivity index (χ4n) is 2.72. The van der Waals surface area contributed by atoms with E-state index in [-0.39, 0.29) is 5.69 Å². The number of aromatic amines is 1. The number of nitrogens with zero attached hydrogens (tertiary/aromatic N) is 2. The van der Waals surface area contributed by atoms with Crippen molar-refractivity contribution in [2.24, 2.45) is 0 Å². The van der Waals surface area contributed by atoms with E-state index in [2.05, 4.69) is 10.2 Å². The van der Waals surface area contributed by atoms with Gasteiger partial charge in [-0.3, -0.25) is 0 Å². The fourth-order valence-corrected chi connectivity index (χ4v) is 2.72. The fraction of sp³-hybridized carbons (Fsp3) is 0. The Morgan fingerprint density at radius 3 is 2.64 bits per heavy atom. The highest BCUT2D eigenvalue weighted by atomic mass is 16.1. The molecule has 108 valence electrons. The highest BCUT2D eigenvalue weighted by Gasteiger charge is 2.10. The third kappa shape index (κ3) is 1.74. The van der Waals surface area contributed by atoms with Crippen LogP contribution in [0.5, 0.6) is 0 Å². The zero-order valence-electron chi connectivity index (χ0n) is 11.6. The van der Waals surface area contributed by atoms with E-state index in [1.807, 2.05) is 42.5 Å². The monoisotopic (exact) mass is 291 g/mol. The van der Waals surface area contributed by atoms with E-state index < -0.39 is 0 Å². The maximum Gasteiger partial charge on any atom is 0.348 e. The molecule has 0 aliphatic rings. The quantitative estimate of drug-likeness (QED) is 0.467. The second-order valence-corrected chi connectivity index (χ2v) is 5.18. The topological polar surface area (TPSA) is 102 Å². The van der Waals surface area contributed by atoms with E-state index in [0.29, 0.717) is 17.0 Å². The molecule has 0 saturated carbocycles. The Morgan fingerprint density at radius 1 is 1.00 bits per heavy atom. The van der Waals surface area contributed by atoms with Gasteiger partial charge in [0, 0.05) is 22.8 Å². The lowest BCUT2D eigenvalue weighted by atomic mass is 10.0. The summed E-state index contributed by atoms with van der Waals surface area (Å²) in [5, 5.41) is 7.19. The molecule has 2 aromatic carbocycles. The molecule has 0 spiro atoms. The first-order valence-corrected chi connectivity index (χ1v) is 6.79. The average Bonchev–Trinajstić information content (AvgIpc) is 2.88. The number of rotatable bonds is 1. The van der Waals surface area contributed by atoms with Gasteiger partial charge in [-0.05, 0) is 35.4 Å². The summed E-state index contributed by atoms with van der Waals surface area (Å²) in [6, 6.07) is 15.1. The largest absolute Gasteiger partial charge is 0.399 e. The van der Waals surface area contributed by atoms with Gasteiger partial charge in [0.1, 0.15) is 0 Å². The number of benzene rings is 2. The van der Waals surface area contributed by atoms with Crippen molar-refractivity contribution < 1.29 is 0 Å². The Balaban J connectivity index is 2.06. The Bertz CT molecular complexity index is 1080. The zero-order valence-corrected chi connectivity index (χ0v) is 11.6. The van der Waals surface area contributed by atoms with Crippen molar-refractivity contribution in [1.82, 2.24) is 14.6 Å². The molecule has 0 aliphatic carbocycles. The number of fused-ring (bicyclic) bond motifs is 3. The number of pyridine rings is 1. The molecular formula is C16H13N5O. The van der Waals surface area contributed by atoms with Crippen molar-refractivity contribution in [3.05, 3.63) is 59.0 Å². The lowest BCUT2D eigenvalue weighted by molar-refractivity contribution is 1.04. The maximum absolute atomic E-state index is 11.9. The smallest absolute Gasteiger partial charge is 0.348 e. The molecule has 6 nitrogen and oxygen atoms in total. The number of nitrogens with one attached hydrogen (secondary N) is 1. The van der Waals surface area contributed by atoms with Gasteiger partial charge in [-0.25, -0.2) is 14.3 Å². The Labute approximate surface area is 125 Å². The SMILES string of the molecule is Nc1cccc(-c2ccc3c(c2)c(N)cc2n[nH]c(=O)n23)c1. The van der Waals surface area contributed by atoms with Crippen LogP contribution in [-0.2, 0) is 0 Å². The Hall–Kier alpha value is -3.28. The molecule has 5 N–H and O–H groups in total. The summed E-state index contributed by atoms with van der Waals surface area (Å²) in [6.45, 7) is 0. The first kappa shape index (κ1) is 12.5. The summed E-state index contributed by atoms with van der Waals surface area (Å²) in [4.78, 5) is 11.9. The molecule has 0 radical (unpaired) electrons. The molecule has 4 aromatic rings. The van der Waals surface area contributed by atoms with Gasteiger partial charge in [0.2, 0.25) is 0 Å². The summed E-state index contributed by atoms with van der Waals surface area (Å²) < 4.78 is 1.51. The molecule has 2 aromatic heterocycles. The van der Waals surface area contributed by atoms with Gasteiger partial charge in [0.15, 0.2) is 5.65 Å². The van der Waals surface area contributed by atoms with Crippen LogP contribution < -0.4 is 17.2 Å². The lowest BCUT2D eigenvalue weighted by Crippen LogP contribution is -2.10. The van der Waals surface area contributed by atoms with Crippen molar-refractivity contribution >= 4 is 27.9 Å². The minimum atomic E-state index is -0.281. The van der Waals surface area contributed by atoms with Crippen molar-refractivity contribution in [3.8, 4) is 11.1 Å². The van der Waals surface area contributed by atoms with Crippen molar-refractivity contribution in [3.63, 3.8) is 0 Å². The summed E-state index contributed by atoms with van der Waals surface area (Å²) in [5.74, 6) is 0. The molecule has 22 heavy (non-hydrogen) atoms. The predicted molar refractivity (Wildman–Crippen MR) is 87.6 cm³/mol. The van der Waals surface area contributed by atoms with Crippen LogP contribution in [0.3, 0.4) is 0 Å². The molecule has 0 unspecified atom stereocenters. The van der Waals surface area contributed by atoms with Crippen LogP contribution in [0.1, 0.15) is 0 Å². The normalized spacial score (nSPS) is 11.3. The van der Waals surface area contributed by atoms with Crippen LogP contribution in [0.4, 0.5) is 11.4 Å². The van der Waals surface area contributed by atoms with E-state index in [9.17, 15) is 4.79 Å². The van der Waals surface area contributed by atoms with E-state index >= 15 is 0 Å². The second kappa shape index (κ2) is 4.36. The first-order valence-electron chi connectivity index (χ1n) is 6.79. The lowest BCUT2D eigenvalue weighted by Gasteiger charge is -2.08. The van der Waals surface area contributed by atoms with Gasteiger partial charge >= 0.3 is 5.69 Å². The van der Waals surface area contributed by atoms with Gasteiger partial charge in [-0.2, -0.15) is 5.10 Å². The van der Waals surface area contributed by atoms with Crippen molar-refractivity contribution in [2.45, 2.75) is 0 Å². The molecule has 0 aliphatic heterocycles. The number of nitrogens with two attached hydrogens (primary N) is 2. The van der Waals surface area contributed by atoms with Crippen molar-refractivity contribution in [2.75, 3.05) is 11.5 Å². The van der Waals surface area contributed by atoms with Crippen molar-refractivity contribution in [1.29, 1.82) is 0 Å². The van der Waals surface area contributed by atoms with Crippen LogP contribution >= 0.6 is 0 Å². The van der Waals surface area contributed by atoms with Crippen LogP contribution in [0, 0.1) is 0 Å². The molecule has 4 rings (SSSR count). The number of hydrogen-bond donors (Lipinski definition) is 3. The van der Waals surface area contributed by atoms with Gasteiger partial charge < -0.3 is 11.5 Å². The molecule has 2 heterocycles. The Kier molecular flexibility index (Phi) is 2.47. The van der Waals surface area contributed by atoms with Gasteiger partial charge in [0.25, 0.3) is 0 Å². The molecule has 0 fully saturated rings. The van der Waals surface area contributed by atoms with E-state index in [0.717, 1.165) is 22.0 Å². The molecule has 0 saturated heterocycles. The molecule has 0 bridgehead atoms. The zero-order chi connectivity index (χ0) is 15.3. The summed E-state index contributed by atoms with van der Waals surface area (Å²) in [6.07, 6.45) is 0. The minimum absolute atomic E-state index is 0.281. The maximum atomic E-state index is 11.9. The van der Waals surface area contributed by atoms with Gasteiger partial charge in [-0.1, -0.05) is 18.2 Å². The third-order valence-electron chi connectivity index (χ3n) is 3.75. The summed E-state index contributed by atoms with van der Waals surface area (Å²) in [5.41, 5.74) is 16.2. The number of hydrogen-bond acceptors (Lipinski definition) is 4. The summed E-state index contributed by atoms with van der Waals surface area (Å²) in [7, 11) is 0. The molecule has 0 atom stereocenters. The molecular weight excluding hydrogens is 278 g/mol. The molecule has 6 heteroatoms. The van der Waals surface area contributed by atoms with Crippen LogP contribution in [0.25, 0.3) is 27.7 Å². The van der Waals surface area contributed by atoms with Crippen LogP contribution in [0.15, 0.2) is 53.3 Å². The highest BCUT2D eigenvalue weighted by molar-refractivity contribution is 5.96. The molecule has 0 amide bonds. The number of aromatic nitrogens is 3. The predicted octanol–water partition coefficient (Wildman–Crippen LogP) is 2.01. The average molecular weight is 291 g/mol. The van der Waals surface area contributed by atoms with Crippen LogP contribution in [-0.4, -0.2) is 14.6 Å². The van der Waals surface area contributed by atoms with Crippen LogP contribution in [0.2, 0.25) is 0 Å². The van der Waals surface area contributed by atoms with E-state index in [4.69, 9.17) is 11.5 Å². The van der Waals surface area contributed by atoms with Gasteiger partial charge in [-0.15, -0.1) is 0 Å². The minimum Gasteiger partial charge on any atom is -0.399 e. The van der Waals surface area contributed by atoms with Gasteiger partial charge in [0.05, 0.1) is 5.52 Å². The summed E-state index contributed by atoms with van der Waals surface area (Å²) >= 11 is 0. The van der Waals surface area contributed by atoms with E-state index in [1.165, 1.54) is 4.40 Å². The number of anilines is 2. The number of H-pyrrole nitrogens is 1.